The van der Waals surface area contributed by atoms with Crippen molar-refractivity contribution in [3.8, 4) is 0 Å². The topological polar surface area (TPSA) is 81.0 Å². The molecule has 0 saturated heterocycles. The van der Waals surface area contributed by atoms with Gasteiger partial charge in [0.25, 0.3) is 0 Å². The van der Waals surface area contributed by atoms with Crippen LogP contribution in [-0.2, 0) is 0 Å². The molecule has 0 saturated carbocycles. The highest BCUT2D eigenvalue weighted by atomic mass is 35.5. The van der Waals surface area contributed by atoms with Crippen LogP contribution >= 0.6 is 11.6 Å². The standard InChI is InChI=1S/C13H13ClN4O2/c1-8(10-6-4-3-5-7-10)15-12-11(18(19)20)9(2)16-13(14)17-12/h3-8H,1-2H3,(H,15,16,17). The summed E-state index contributed by atoms with van der Waals surface area (Å²) in [5.74, 6) is 0.129. The van der Waals surface area contributed by atoms with Crippen LogP contribution in [-0.4, -0.2) is 14.9 Å². The summed E-state index contributed by atoms with van der Waals surface area (Å²) in [6, 6.07) is 9.43. The highest BCUT2D eigenvalue weighted by molar-refractivity contribution is 6.28. The maximum Gasteiger partial charge on any atom is 0.332 e. The van der Waals surface area contributed by atoms with Crippen molar-refractivity contribution >= 4 is 23.1 Å². The molecule has 1 aromatic heterocycles. The van der Waals surface area contributed by atoms with Gasteiger partial charge in [-0.15, -0.1) is 0 Å². The molecule has 0 spiro atoms. The third-order valence-corrected chi connectivity index (χ3v) is 3.04. The molecule has 0 radical (unpaired) electrons. The fourth-order valence-corrected chi connectivity index (χ4v) is 2.09. The summed E-state index contributed by atoms with van der Waals surface area (Å²) < 4.78 is 0. The number of hydrogen-bond acceptors (Lipinski definition) is 5. The van der Waals surface area contributed by atoms with Gasteiger partial charge in [-0.05, 0) is 31.0 Å². The molecule has 0 bridgehead atoms. The molecule has 0 aliphatic rings. The Hall–Kier alpha value is -2.21. The first-order chi connectivity index (χ1) is 9.49. The van der Waals surface area contributed by atoms with Crippen molar-refractivity contribution in [3.05, 3.63) is 57.0 Å². The Morgan fingerprint density at radius 1 is 1.30 bits per heavy atom. The number of benzene rings is 1. The second-order valence-corrected chi connectivity index (χ2v) is 4.65. The molecule has 6 nitrogen and oxygen atoms in total. The zero-order chi connectivity index (χ0) is 14.7. The van der Waals surface area contributed by atoms with Crippen molar-refractivity contribution in [2.24, 2.45) is 0 Å². The summed E-state index contributed by atoms with van der Waals surface area (Å²) in [6.45, 7) is 3.43. The zero-order valence-electron chi connectivity index (χ0n) is 11.0. The largest absolute Gasteiger partial charge is 0.358 e. The monoisotopic (exact) mass is 292 g/mol. The van der Waals surface area contributed by atoms with Crippen LogP contribution in [0.25, 0.3) is 0 Å². The van der Waals surface area contributed by atoms with E-state index in [1.165, 1.54) is 6.92 Å². The molecule has 1 atom stereocenters. The first-order valence-electron chi connectivity index (χ1n) is 5.99. The first kappa shape index (κ1) is 14.2. The van der Waals surface area contributed by atoms with Gasteiger partial charge in [-0.1, -0.05) is 30.3 Å². The Labute approximate surface area is 121 Å². The molecule has 1 heterocycles. The summed E-state index contributed by atoms with van der Waals surface area (Å²) in [7, 11) is 0. The first-order valence-corrected chi connectivity index (χ1v) is 6.37. The van der Waals surface area contributed by atoms with E-state index in [0.717, 1.165) is 5.56 Å². The number of nitrogens with zero attached hydrogens (tertiary/aromatic N) is 3. The lowest BCUT2D eigenvalue weighted by molar-refractivity contribution is -0.385. The number of rotatable bonds is 4. The minimum absolute atomic E-state index is 0.0177. The maximum atomic E-state index is 11.1. The molecule has 2 rings (SSSR count). The van der Waals surface area contributed by atoms with Crippen LogP contribution in [0.3, 0.4) is 0 Å². The Balaban J connectivity index is 2.36. The van der Waals surface area contributed by atoms with Crippen molar-refractivity contribution in [2.45, 2.75) is 19.9 Å². The Kier molecular flexibility index (Phi) is 4.14. The average Bonchev–Trinajstić information content (AvgIpc) is 2.38. The van der Waals surface area contributed by atoms with Crippen molar-refractivity contribution in [1.29, 1.82) is 0 Å². The fourth-order valence-electron chi connectivity index (χ4n) is 1.88. The number of anilines is 1. The lowest BCUT2D eigenvalue weighted by Crippen LogP contribution is -2.11. The molecule has 20 heavy (non-hydrogen) atoms. The van der Waals surface area contributed by atoms with Gasteiger partial charge < -0.3 is 5.32 Å². The number of nitro groups is 1. The van der Waals surface area contributed by atoms with E-state index in [1.807, 2.05) is 37.3 Å². The normalized spacial score (nSPS) is 11.9. The smallest absolute Gasteiger partial charge is 0.332 e. The predicted molar refractivity (Wildman–Crippen MR) is 76.9 cm³/mol. The second-order valence-electron chi connectivity index (χ2n) is 4.31. The molecule has 7 heteroatoms. The van der Waals surface area contributed by atoms with E-state index in [0.29, 0.717) is 0 Å². The van der Waals surface area contributed by atoms with Gasteiger partial charge in [0, 0.05) is 0 Å². The van der Waals surface area contributed by atoms with E-state index in [2.05, 4.69) is 15.3 Å². The fraction of sp³-hybridized carbons (Fsp3) is 0.231. The minimum atomic E-state index is -0.508. The lowest BCUT2D eigenvalue weighted by atomic mass is 10.1. The number of halogens is 1. The molecular formula is C13H13ClN4O2. The SMILES string of the molecule is Cc1nc(Cl)nc(NC(C)c2ccccc2)c1[N+](=O)[O-]. The van der Waals surface area contributed by atoms with Crippen LogP contribution in [0, 0.1) is 17.0 Å². The minimum Gasteiger partial charge on any atom is -0.358 e. The summed E-state index contributed by atoms with van der Waals surface area (Å²) in [4.78, 5) is 18.3. The van der Waals surface area contributed by atoms with Crippen molar-refractivity contribution in [1.82, 2.24) is 9.97 Å². The van der Waals surface area contributed by atoms with E-state index in [-0.39, 0.29) is 28.5 Å². The Bertz CT molecular complexity index is 634. The lowest BCUT2D eigenvalue weighted by Gasteiger charge is -2.15. The van der Waals surface area contributed by atoms with E-state index < -0.39 is 4.92 Å². The Morgan fingerprint density at radius 3 is 2.55 bits per heavy atom. The Morgan fingerprint density at radius 2 is 1.95 bits per heavy atom. The van der Waals surface area contributed by atoms with Crippen molar-refractivity contribution in [2.75, 3.05) is 5.32 Å². The third kappa shape index (κ3) is 3.03. The zero-order valence-corrected chi connectivity index (χ0v) is 11.8. The van der Waals surface area contributed by atoms with Crippen molar-refractivity contribution < 1.29 is 4.92 Å². The van der Waals surface area contributed by atoms with Gasteiger partial charge in [0.15, 0.2) is 0 Å². The maximum absolute atomic E-state index is 11.1. The molecule has 1 aromatic carbocycles. The molecule has 0 aliphatic carbocycles. The van der Waals surface area contributed by atoms with Gasteiger partial charge in [-0.3, -0.25) is 10.1 Å². The number of hydrogen-bond donors (Lipinski definition) is 1. The summed E-state index contributed by atoms with van der Waals surface area (Å²) in [5.41, 5.74) is 1.07. The van der Waals surface area contributed by atoms with E-state index in [4.69, 9.17) is 11.6 Å². The molecule has 0 fully saturated rings. The highest BCUT2D eigenvalue weighted by Crippen LogP contribution is 2.29. The highest BCUT2D eigenvalue weighted by Gasteiger charge is 2.23. The molecule has 1 N–H and O–H groups in total. The van der Waals surface area contributed by atoms with Crippen molar-refractivity contribution in [3.63, 3.8) is 0 Å². The molecule has 0 amide bonds. The molecule has 2 aromatic rings. The molecular weight excluding hydrogens is 280 g/mol. The quantitative estimate of drug-likeness (QED) is 0.530. The number of aryl methyl sites for hydroxylation is 1. The van der Waals surface area contributed by atoms with E-state index in [9.17, 15) is 10.1 Å². The molecule has 1 unspecified atom stereocenters. The summed E-state index contributed by atoms with van der Waals surface area (Å²) in [6.07, 6.45) is 0. The van der Waals surface area contributed by atoms with E-state index in [1.54, 1.807) is 0 Å². The van der Waals surface area contributed by atoms with Crippen LogP contribution < -0.4 is 5.32 Å². The van der Waals surface area contributed by atoms with Gasteiger partial charge in [-0.2, -0.15) is 4.98 Å². The van der Waals surface area contributed by atoms with Crippen LogP contribution in [0.1, 0.15) is 24.2 Å². The van der Waals surface area contributed by atoms with Gasteiger partial charge in [0.05, 0.1) is 11.0 Å². The van der Waals surface area contributed by atoms with Gasteiger partial charge in [0.2, 0.25) is 11.1 Å². The summed E-state index contributed by atoms with van der Waals surface area (Å²) in [5, 5.41) is 14.1. The second kappa shape index (κ2) is 5.83. The predicted octanol–water partition coefficient (Wildman–Crippen LogP) is 3.52. The summed E-state index contributed by atoms with van der Waals surface area (Å²) >= 11 is 5.77. The average molecular weight is 293 g/mol. The van der Waals surface area contributed by atoms with Crippen LogP contribution in [0.5, 0.6) is 0 Å². The van der Waals surface area contributed by atoms with Crippen LogP contribution in [0.4, 0.5) is 11.5 Å². The third-order valence-electron chi connectivity index (χ3n) is 2.87. The van der Waals surface area contributed by atoms with Crippen LogP contribution in [0.2, 0.25) is 5.28 Å². The number of aromatic nitrogens is 2. The van der Waals surface area contributed by atoms with Gasteiger partial charge >= 0.3 is 5.69 Å². The van der Waals surface area contributed by atoms with Crippen LogP contribution in [0.15, 0.2) is 30.3 Å². The van der Waals surface area contributed by atoms with E-state index >= 15 is 0 Å². The van der Waals surface area contributed by atoms with Gasteiger partial charge in [-0.25, -0.2) is 4.98 Å². The molecule has 0 aliphatic heterocycles. The van der Waals surface area contributed by atoms with Gasteiger partial charge in [0.1, 0.15) is 5.69 Å². The number of nitrogens with one attached hydrogen (secondary N) is 1. The molecule has 104 valence electrons.